The van der Waals surface area contributed by atoms with E-state index in [-0.39, 0.29) is 18.2 Å². The lowest BCUT2D eigenvalue weighted by Crippen LogP contribution is -2.07. The van der Waals surface area contributed by atoms with Crippen LogP contribution in [0, 0.1) is 26.6 Å². The molecule has 0 fully saturated rings. The summed E-state index contributed by atoms with van der Waals surface area (Å²) >= 11 is 0. The van der Waals surface area contributed by atoms with Gasteiger partial charge in [0.2, 0.25) is 0 Å². The molecule has 4 nitrogen and oxygen atoms in total. The van der Waals surface area contributed by atoms with Gasteiger partial charge in [-0.05, 0) is 49.6 Å². The Hall–Kier alpha value is -2.53. The van der Waals surface area contributed by atoms with Gasteiger partial charge in [-0.2, -0.15) is 0 Å². The van der Waals surface area contributed by atoms with Crippen molar-refractivity contribution in [3.8, 4) is 5.69 Å². The Balaban J connectivity index is 2.08. The minimum absolute atomic E-state index is 0.277. The molecule has 0 atom stereocenters. The van der Waals surface area contributed by atoms with Crippen molar-refractivity contribution in [2.24, 2.45) is 0 Å². The van der Waals surface area contributed by atoms with Crippen LogP contribution >= 0.6 is 0 Å². The minimum atomic E-state index is -0.355. The van der Waals surface area contributed by atoms with Crippen LogP contribution in [-0.4, -0.2) is 19.9 Å². The molecule has 0 aliphatic heterocycles. The van der Waals surface area contributed by atoms with Gasteiger partial charge < -0.3 is 5.11 Å². The number of aryl methyl sites for hydroxylation is 3. The van der Waals surface area contributed by atoms with E-state index in [4.69, 9.17) is 0 Å². The summed E-state index contributed by atoms with van der Waals surface area (Å²) in [4.78, 5) is 4.37. The Morgan fingerprint density at radius 3 is 2.46 bits per heavy atom. The average molecular weight is 325 g/mol. The van der Waals surface area contributed by atoms with Crippen molar-refractivity contribution in [2.45, 2.75) is 33.8 Å². The van der Waals surface area contributed by atoms with Crippen LogP contribution < -0.4 is 0 Å². The van der Waals surface area contributed by atoms with Gasteiger partial charge in [-0.15, -0.1) is 5.10 Å². The molecule has 5 heteroatoms. The van der Waals surface area contributed by atoms with Crippen molar-refractivity contribution >= 4 is 0 Å². The topological polar surface area (TPSA) is 50.9 Å². The zero-order chi connectivity index (χ0) is 17.3. The molecule has 0 aliphatic carbocycles. The second-order valence-corrected chi connectivity index (χ2v) is 6.08. The van der Waals surface area contributed by atoms with Gasteiger partial charge in [0.1, 0.15) is 23.9 Å². The molecule has 1 N–H and O–H groups in total. The summed E-state index contributed by atoms with van der Waals surface area (Å²) in [6.45, 7) is 5.63. The summed E-state index contributed by atoms with van der Waals surface area (Å²) in [7, 11) is 0. The van der Waals surface area contributed by atoms with Crippen molar-refractivity contribution in [1.82, 2.24) is 14.8 Å². The third-order valence-corrected chi connectivity index (χ3v) is 4.04. The zero-order valence-electron chi connectivity index (χ0n) is 14.0. The second kappa shape index (κ2) is 6.53. The number of hydrogen-bond donors (Lipinski definition) is 1. The number of benzene rings is 2. The van der Waals surface area contributed by atoms with E-state index in [9.17, 15) is 9.50 Å². The Labute approximate surface area is 140 Å². The summed E-state index contributed by atoms with van der Waals surface area (Å²) in [5.41, 5.74) is 4.60. The fourth-order valence-electron chi connectivity index (χ4n) is 2.71. The van der Waals surface area contributed by atoms with E-state index in [0.29, 0.717) is 17.9 Å². The lowest BCUT2D eigenvalue weighted by atomic mass is 10.0. The molecule has 124 valence electrons. The molecular weight excluding hydrogens is 305 g/mol. The van der Waals surface area contributed by atoms with E-state index in [2.05, 4.69) is 28.3 Å². The first-order valence-corrected chi connectivity index (χ1v) is 7.86. The van der Waals surface area contributed by atoms with Crippen LogP contribution in [0.3, 0.4) is 0 Å². The maximum Gasteiger partial charge on any atom is 0.176 e. The van der Waals surface area contributed by atoms with Gasteiger partial charge in [0.25, 0.3) is 0 Å². The van der Waals surface area contributed by atoms with Crippen molar-refractivity contribution < 1.29 is 9.50 Å². The average Bonchev–Trinajstić information content (AvgIpc) is 2.94. The minimum Gasteiger partial charge on any atom is -0.388 e. The Kier molecular flexibility index (Phi) is 4.44. The molecule has 0 saturated carbocycles. The molecule has 0 radical (unpaired) electrons. The number of aliphatic hydroxyl groups is 1. The van der Waals surface area contributed by atoms with Crippen LogP contribution in [0.2, 0.25) is 0 Å². The summed E-state index contributed by atoms with van der Waals surface area (Å²) in [5.74, 6) is 0.539. The maximum atomic E-state index is 14.4. The van der Waals surface area contributed by atoms with Crippen molar-refractivity contribution in [1.29, 1.82) is 0 Å². The highest BCUT2D eigenvalue weighted by Crippen LogP contribution is 2.20. The van der Waals surface area contributed by atoms with Gasteiger partial charge in [-0.3, -0.25) is 0 Å². The van der Waals surface area contributed by atoms with E-state index < -0.39 is 0 Å². The SMILES string of the molecule is Cc1ccc(-n2nc(CO)nc2Cc2cc(C)ccc2C)c(F)c1. The van der Waals surface area contributed by atoms with Gasteiger partial charge in [0.15, 0.2) is 5.82 Å². The second-order valence-electron chi connectivity index (χ2n) is 6.08. The zero-order valence-corrected chi connectivity index (χ0v) is 14.0. The fourth-order valence-corrected chi connectivity index (χ4v) is 2.71. The quantitative estimate of drug-likeness (QED) is 0.800. The molecule has 0 aliphatic rings. The molecule has 1 heterocycles. The van der Waals surface area contributed by atoms with Crippen molar-refractivity contribution in [3.63, 3.8) is 0 Å². The molecule has 3 aromatic rings. The highest BCUT2D eigenvalue weighted by molar-refractivity contribution is 5.38. The molecule has 3 rings (SSSR count). The monoisotopic (exact) mass is 325 g/mol. The summed E-state index contributed by atoms with van der Waals surface area (Å²) in [6, 6.07) is 11.2. The number of hydrogen-bond acceptors (Lipinski definition) is 3. The number of aliphatic hydroxyl groups excluding tert-OH is 1. The number of halogens is 1. The van der Waals surface area contributed by atoms with E-state index in [1.54, 1.807) is 6.07 Å². The van der Waals surface area contributed by atoms with Gasteiger partial charge in [-0.1, -0.05) is 29.8 Å². The third-order valence-electron chi connectivity index (χ3n) is 4.04. The molecule has 0 unspecified atom stereocenters. The Morgan fingerprint density at radius 2 is 1.75 bits per heavy atom. The highest BCUT2D eigenvalue weighted by Gasteiger charge is 2.16. The van der Waals surface area contributed by atoms with E-state index in [0.717, 1.165) is 22.3 Å². The van der Waals surface area contributed by atoms with Crippen LogP contribution in [0.4, 0.5) is 4.39 Å². The lowest BCUT2D eigenvalue weighted by molar-refractivity contribution is 0.271. The number of aromatic nitrogens is 3. The molecule has 24 heavy (non-hydrogen) atoms. The third kappa shape index (κ3) is 3.21. The summed E-state index contributed by atoms with van der Waals surface area (Å²) in [5, 5.41) is 13.6. The van der Waals surface area contributed by atoms with Crippen LogP contribution in [0.5, 0.6) is 0 Å². The van der Waals surface area contributed by atoms with Crippen molar-refractivity contribution in [2.75, 3.05) is 0 Å². The maximum absolute atomic E-state index is 14.4. The largest absolute Gasteiger partial charge is 0.388 e. The highest BCUT2D eigenvalue weighted by atomic mass is 19.1. The first kappa shape index (κ1) is 16.3. The molecule has 0 amide bonds. The van der Waals surface area contributed by atoms with Crippen LogP contribution in [0.1, 0.15) is 33.9 Å². The molecular formula is C19H20FN3O. The van der Waals surface area contributed by atoms with Crippen LogP contribution in [0.15, 0.2) is 36.4 Å². The fraction of sp³-hybridized carbons (Fsp3) is 0.263. The lowest BCUT2D eigenvalue weighted by Gasteiger charge is -2.10. The van der Waals surface area contributed by atoms with Gasteiger partial charge in [-0.25, -0.2) is 14.1 Å². The first-order chi connectivity index (χ1) is 11.5. The van der Waals surface area contributed by atoms with E-state index >= 15 is 0 Å². The molecule has 0 saturated heterocycles. The molecule has 1 aromatic heterocycles. The van der Waals surface area contributed by atoms with Gasteiger partial charge >= 0.3 is 0 Å². The predicted molar refractivity (Wildman–Crippen MR) is 90.7 cm³/mol. The van der Waals surface area contributed by atoms with E-state index in [1.807, 2.05) is 26.8 Å². The number of rotatable bonds is 4. The van der Waals surface area contributed by atoms with Crippen LogP contribution in [-0.2, 0) is 13.0 Å². The van der Waals surface area contributed by atoms with Crippen molar-refractivity contribution in [3.05, 3.63) is 76.1 Å². The normalized spacial score (nSPS) is 11.0. The molecule has 0 bridgehead atoms. The van der Waals surface area contributed by atoms with Crippen LogP contribution in [0.25, 0.3) is 5.69 Å². The molecule has 0 spiro atoms. The first-order valence-electron chi connectivity index (χ1n) is 7.86. The van der Waals surface area contributed by atoms with Gasteiger partial charge in [0.05, 0.1) is 0 Å². The Morgan fingerprint density at radius 1 is 1.04 bits per heavy atom. The summed E-state index contributed by atoms with van der Waals surface area (Å²) < 4.78 is 15.8. The Bertz CT molecular complexity index is 886. The number of nitrogens with zero attached hydrogens (tertiary/aromatic N) is 3. The smallest absolute Gasteiger partial charge is 0.176 e. The van der Waals surface area contributed by atoms with Gasteiger partial charge in [0, 0.05) is 6.42 Å². The van der Waals surface area contributed by atoms with E-state index in [1.165, 1.54) is 10.7 Å². The predicted octanol–water partition coefficient (Wildman–Crippen LogP) is 3.41. The molecule has 2 aromatic carbocycles. The summed E-state index contributed by atoms with van der Waals surface area (Å²) in [6.07, 6.45) is 0.522. The standard InChI is InChI=1S/C19H20FN3O/c1-12-4-6-14(3)15(8-12)10-19-21-18(11-24)22-23(19)17-7-5-13(2)9-16(17)20/h4-9,24H,10-11H2,1-3H3.